The fourth-order valence-corrected chi connectivity index (χ4v) is 1.49. The normalized spacial score (nSPS) is 9.33. The van der Waals surface area contributed by atoms with Crippen molar-refractivity contribution in [2.24, 2.45) is 0 Å². The Morgan fingerprint density at radius 1 is 0.889 bits per heavy atom. The highest BCUT2D eigenvalue weighted by Gasteiger charge is 2.10. The van der Waals surface area contributed by atoms with E-state index in [1.54, 1.807) is 24.3 Å². The first-order valence-electron chi connectivity index (χ1n) is 5.02. The van der Waals surface area contributed by atoms with Gasteiger partial charge in [0.15, 0.2) is 5.78 Å². The predicted octanol–water partition coefficient (Wildman–Crippen LogP) is 1.64. The van der Waals surface area contributed by atoms with Crippen molar-refractivity contribution in [2.75, 3.05) is 0 Å². The fraction of sp³-hybridized carbons (Fsp3) is 0. The second kappa shape index (κ2) is 5.77. The van der Waals surface area contributed by atoms with E-state index in [9.17, 15) is 14.9 Å². The first-order valence-corrected chi connectivity index (χ1v) is 5.02. The Morgan fingerprint density at radius 2 is 1.39 bits per heavy atom. The highest BCUT2D eigenvalue weighted by molar-refractivity contribution is 6.09. The smallest absolute Gasteiger partial charge is 0.269 e. The van der Waals surface area contributed by atoms with Gasteiger partial charge < -0.3 is 0 Å². The van der Waals surface area contributed by atoms with Crippen molar-refractivity contribution < 1.29 is 9.72 Å². The lowest BCUT2D eigenvalue weighted by molar-refractivity contribution is -0.384. The third-order valence-corrected chi connectivity index (χ3v) is 2.38. The van der Waals surface area contributed by atoms with E-state index in [4.69, 9.17) is 0 Å². The van der Waals surface area contributed by atoms with Gasteiger partial charge in [-0.05, 0) is 12.1 Å². The maximum Gasteiger partial charge on any atom is 0.269 e. The van der Waals surface area contributed by atoms with Crippen LogP contribution in [0.3, 0.4) is 0 Å². The van der Waals surface area contributed by atoms with Crippen molar-refractivity contribution in [3.05, 3.63) is 75.8 Å². The summed E-state index contributed by atoms with van der Waals surface area (Å²) in [6.45, 7) is 0. The molecule has 90 valence electrons. The summed E-state index contributed by atoms with van der Waals surface area (Å²) >= 11 is 0. The molecular weight excluding hydrogens is 229 g/mol. The van der Waals surface area contributed by atoms with Crippen LogP contribution in [0, 0.1) is 10.1 Å². The van der Waals surface area contributed by atoms with Crippen LogP contribution in [0.25, 0.3) is 0 Å². The molecule has 0 fully saturated rings. The molecule has 0 spiro atoms. The highest BCUT2D eigenvalue weighted by Crippen LogP contribution is 2.15. The third kappa shape index (κ3) is 2.82. The van der Waals surface area contributed by atoms with E-state index in [-0.39, 0.29) is 19.9 Å². The Bertz CT molecular complexity index is 552. The van der Waals surface area contributed by atoms with Gasteiger partial charge in [0, 0.05) is 23.3 Å². The van der Waals surface area contributed by atoms with E-state index >= 15 is 0 Å². The van der Waals surface area contributed by atoms with E-state index in [1.807, 2.05) is 6.07 Å². The molecule has 2 aromatic rings. The predicted molar refractivity (Wildman–Crippen MR) is 72.9 cm³/mol. The van der Waals surface area contributed by atoms with Crippen LogP contribution in [0.1, 0.15) is 15.9 Å². The van der Waals surface area contributed by atoms with Crippen LogP contribution in [0.5, 0.6) is 0 Å². The molecular formula is C13H12BNO3. The van der Waals surface area contributed by atoms with Crippen molar-refractivity contribution in [1.82, 2.24) is 0 Å². The Morgan fingerprint density at radius 3 is 1.89 bits per heavy atom. The third-order valence-electron chi connectivity index (χ3n) is 2.38. The second-order valence-corrected chi connectivity index (χ2v) is 3.50. The molecule has 4 nitrogen and oxygen atoms in total. The Hall–Kier alpha value is -2.43. The number of carbonyl (C=O) groups is 1. The fourth-order valence-electron chi connectivity index (χ4n) is 1.49. The number of ketones is 1. The summed E-state index contributed by atoms with van der Waals surface area (Å²) in [6.07, 6.45) is 0. The van der Waals surface area contributed by atoms with Crippen LogP contribution in [-0.4, -0.2) is 19.1 Å². The van der Waals surface area contributed by atoms with Crippen LogP contribution >= 0.6 is 0 Å². The number of carbonyl (C=O) groups excluding carboxylic acids is 1. The molecule has 0 radical (unpaired) electrons. The van der Waals surface area contributed by atoms with Gasteiger partial charge in [0.25, 0.3) is 5.69 Å². The zero-order valence-corrected chi connectivity index (χ0v) is 8.87. The molecule has 0 aromatic heterocycles. The van der Waals surface area contributed by atoms with Gasteiger partial charge in [-0.2, -0.15) is 0 Å². The van der Waals surface area contributed by atoms with Gasteiger partial charge in [0.2, 0.25) is 0 Å². The van der Waals surface area contributed by atoms with Crippen LogP contribution in [0.2, 0.25) is 0 Å². The van der Waals surface area contributed by atoms with Crippen molar-refractivity contribution in [3.63, 3.8) is 0 Å². The minimum Gasteiger partial charge on any atom is -0.289 e. The van der Waals surface area contributed by atoms with E-state index in [1.165, 1.54) is 24.3 Å². The average Bonchev–Trinajstić information content (AvgIpc) is 2.39. The van der Waals surface area contributed by atoms with Gasteiger partial charge in [-0.25, -0.2) is 0 Å². The number of benzene rings is 2. The van der Waals surface area contributed by atoms with Crippen LogP contribution in [0.4, 0.5) is 5.69 Å². The molecule has 0 atom stereocenters. The summed E-state index contributed by atoms with van der Waals surface area (Å²) in [4.78, 5) is 21.9. The van der Waals surface area contributed by atoms with Gasteiger partial charge >= 0.3 is 0 Å². The number of hydrogen-bond donors (Lipinski definition) is 0. The van der Waals surface area contributed by atoms with Gasteiger partial charge in [-0.1, -0.05) is 30.3 Å². The molecule has 0 aliphatic rings. The zero-order chi connectivity index (χ0) is 12.3. The summed E-state index contributed by atoms with van der Waals surface area (Å²) in [6, 6.07) is 14.4. The quantitative estimate of drug-likeness (QED) is 0.355. The number of non-ortho nitro benzene ring substituents is 1. The van der Waals surface area contributed by atoms with Crippen molar-refractivity contribution in [3.8, 4) is 0 Å². The maximum absolute atomic E-state index is 12.0. The van der Waals surface area contributed by atoms with E-state index < -0.39 is 4.92 Å². The first kappa shape index (κ1) is 13.6. The Kier molecular flexibility index (Phi) is 4.37. The monoisotopic (exact) mass is 241 g/mol. The van der Waals surface area contributed by atoms with Gasteiger partial charge in [-0.3, -0.25) is 14.9 Å². The van der Waals surface area contributed by atoms with Crippen molar-refractivity contribution in [1.29, 1.82) is 0 Å². The molecule has 0 bridgehead atoms. The molecule has 0 heterocycles. The molecule has 0 saturated heterocycles. The molecule has 18 heavy (non-hydrogen) atoms. The summed E-state index contributed by atoms with van der Waals surface area (Å²) in [5.41, 5.74) is 0.998. The number of nitro groups is 1. The lowest BCUT2D eigenvalue weighted by Gasteiger charge is -2.00. The number of hydrogen-bond acceptors (Lipinski definition) is 3. The van der Waals surface area contributed by atoms with Crippen LogP contribution < -0.4 is 0 Å². The van der Waals surface area contributed by atoms with Crippen molar-refractivity contribution >= 4 is 19.9 Å². The maximum atomic E-state index is 12.0. The SMILES string of the molecule is B.O=C(c1ccccc1)c1ccc([N+](=O)[O-])cc1. The van der Waals surface area contributed by atoms with Crippen LogP contribution in [0.15, 0.2) is 54.6 Å². The Labute approximate surface area is 106 Å². The number of nitrogens with zero attached hydrogens (tertiary/aromatic N) is 1. The molecule has 0 aliphatic heterocycles. The summed E-state index contributed by atoms with van der Waals surface area (Å²) in [5, 5.41) is 10.5. The standard InChI is InChI=1S/C13H9NO3.BH3/c15-13(10-4-2-1-3-5-10)11-6-8-12(9-7-11)14(16)17;/h1-9H;1H3. The molecule has 0 amide bonds. The molecule has 0 N–H and O–H groups in total. The molecule has 2 aromatic carbocycles. The van der Waals surface area contributed by atoms with Gasteiger partial charge in [0.05, 0.1) is 13.3 Å². The minimum atomic E-state index is -0.489. The molecule has 5 heteroatoms. The first-order chi connectivity index (χ1) is 8.18. The summed E-state index contributed by atoms with van der Waals surface area (Å²) in [7, 11) is 0. The average molecular weight is 241 g/mol. The lowest BCUT2D eigenvalue weighted by atomic mass is 10.0. The molecule has 0 saturated carbocycles. The zero-order valence-electron chi connectivity index (χ0n) is 8.87. The van der Waals surface area contributed by atoms with E-state index in [2.05, 4.69) is 0 Å². The van der Waals surface area contributed by atoms with E-state index in [0.717, 1.165) is 0 Å². The summed E-state index contributed by atoms with van der Waals surface area (Å²) in [5.74, 6) is -0.138. The van der Waals surface area contributed by atoms with Crippen LogP contribution in [-0.2, 0) is 0 Å². The molecule has 0 aliphatic carbocycles. The largest absolute Gasteiger partial charge is 0.289 e. The van der Waals surface area contributed by atoms with Gasteiger partial charge in [-0.15, -0.1) is 0 Å². The van der Waals surface area contributed by atoms with Crippen molar-refractivity contribution in [2.45, 2.75) is 0 Å². The lowest BCUT2D eigenvalue weighted by Crippen LogP contribution is -2.00. The highest BCUT2D eigenvalue weighted by atomic mass is 16.6. The summed E-state index contributed by atoms with van der Waals surface area (Å²) < 4.78 is 0. The number of rotatable bonds is 3. The molecule has 0 unspecified atom stereocenters. The van der Waals surface area contributed by atoms with E-state index in [0.29, 0.717) is 11.1 Å². The second-order valence-electron chi connectivity index (χ2n) is 3.50. The molecule has 2 rings (SSSR count). The minimum absolute atomic E-state index is 0. The topological polar surface area (TPSA) is 60.2 Å². The number of nitro benzene ring substituents is 1. The Balaban J connectivity index is 0.00000162. The van der Waals surface area contributed by atoms with Gasteiger partial charge in [0.1, 0.15) is 0 Å².